The molecule has 3 rings (SSSR count). The molecule has 21 heavy (non-hydrogen) atoms. The maximum absolute atomic E-state index is 13.6. The molecule has 0 unspecified atom stereocenters. The van der Waals surface area contributed by atoms with Gasteiger partial charge in [0.15, 0.2) is 0 Å². The first-order valence-electron chi connectivity index (χ1n) is 6.69. The number of thiophene rings is 1. The second-order valence-corrected chi connectivity index (χ2v) is 6.26. The lowest BCUT2D eigenvalue weighted by molar-refractivity contribution is 0.200. The maximum Gasteiger partial charge on any atom is 0.123 e. The number of piperazine rings is 1. The van der Waals surface area contributed by atoms with Crippen LogP contribution in [0.3, 0.4) is 0 Å². The van der Waals surface area contributed by atoms with Gasteiger partial charge in [-0.3, -0.25) is 4.90 Å². The molecule has 0 bridgehead atoms. The van der Waals surface area contributed by atoms with Crippen LogP contribution in [0.5, 0.6) is 0 Å². The van der Waals surface area contributed by atoms with Crippen molar-refractivity contribution in [1.29, 1.82) is 0 Å². The van der Waals surface area contributed by atoms with Gasteiger partial charge in [-0.15, -0.1) is 23.7 Å². The number of benzene rings is 1. The van der Waals surface area contributed by atoms with E-state index in [9.17, 15) is 4.39 Å². The van der Waals surface area contributed by atoms with Gasteiger partial charge >= 0.3 is 0 Å². The Kier molecular flexibility index (Phi) is 6.02. The van der Waals surface area contributed by atoms with Crippen LogP contribution < -0.4 is 5.32 Å². The summed E-state index contributed by atoms with van der Waals surface area (Å²) >= 11 is 8.01. The molecule has 6 heteroatoms. The van der Waals surface area contributed by atoms with E-state index < -0.39 is 0 Å². The minimum absolute atomic E-state index is 0. The molecule has 114 valence electrons. The smallest absolute Gasteiger partial charge is 0.123 e. The zero-order valence-corrected chi connectivity index (χ0v) is 13.8. The first-order chi connectivity index (χ1) is 9.75. The summed E-state index contributed by atoms with van der Waals surface area (Å²) in [4.78, 5) is 3.57. The normalized spacial score (nSPS) is 17.2. The van der Waals surface area contributed by atoms with E-state index >= 15 is 0 Å². The monoisotopic (exact) mass is 346 g/mol. The van der Waals surface area contributed by atoms with E-state index in [1.54, 1.807) is 23.5 Å². The summed E-state index contributed by atoms with van der Waals surface area (Å²) < 4.78 is 13.6. The topological polar surface area (TPSA) is 15.3 Å². The molecule has 1 aliphatic heterocycles. The van der Waals surface area contributed by atoms with Crippen molar-refractivity contribution in [3.63, 3.8) is 0 Å². The van der Waals surface area contributed by atoms with Gasteiger partial charge < -0.3 is 5.32 Å². The van der Waals surface area contributed by atoms with Crippen molar-refractivity contribution >= 4 is 35.3 Å². The highest BCUT2D eigenvalue weighted by Gasteiger charge is 2.26. The van der Waals surface area contributed by atoms with Gasteiger partial charge in [0.05, 0.1) is 6.04 Å². The fraction of sp³-hybridized carbons (Fsp3) is 0.333. The molecule has 1 N–H and O–H groups in total. The molecule has 2 aromatic rings. The van der Waals surface area contributed by atoms with Crippen LogP contribution in [-0.4, -0.2) is 31.1 Å². The van der Waals surface area contributed by atoms with Crippen LogP contribution in [0, 0.1) is 5.82 Å². The van der Waals surface area contributed by atoms with Crippen LogP contribution in [-0.2, 0) is 0 Å². The highest BCUT2D eigenvalue weighted by molar-refractivity contribution is 7.10. The lowest BCUT2D eigenvalue weighted by atomic mass is 10.0. The molecule has 2 nitrogen and oxygen atoms in total. The van der Waals surface area contributed by atoms with Crippen molar-refractivity contribution in [3.8, 4) is 0 Å². The van der Waals surface area contributed by atoms with Gasteiger partial charge in [0.1, 0.15) is 5.82 Å². The molecule has 0 aliphatic carbocycles. The van der Waals surface area contributed by atoms with E-state index in [-0.39, 0.29) is 24.3 Å². The number of halogens is 3. The van der Waals surface area contributed by atoms with E-state index in [0.29, 0.717) is 5.02 Å². The average Bonchev–Trinajstić information content (AvgIpc) is 2.98. The molecule has 0 amide bonds. The quantitative estimate of drug-likeness (QED) is 0.904. The molecular weight excluding hydrogens is 330 g/mol. The second kappa shape index (κ2) is 7.56. The Morgan fingerprint density at radius 2 is 2.00 bits per heavy atom. The third kappa shape index (κ3) is 3.76. The highest BCUT2D eigenvalue weighted by Crippen LogP contribution is 2.36. The Morgan fingerprint density at radius 3 is 2.67 bits per heavy atom. The van der Waals surface area contributed by atoms with E-state index in [0.717, 1.165) is 31.7 Å². The van der Waals surface area contributed by atoms with E-state index in [1.807, 2.05) is 6.07 Å². The number of hydrogen-bond donors (Lipinski definition) is 1. The Balaban J connectivity index is 0.00000161. The number of hydrogen-bond acceptors (Lipinski definition) is 3. The zero-order valence-electron chi connectivity index (χ0n) is 11.4. The fourth-order valence-electron chi connectivity index (χ4n) is 2.64. The second-order valence-electron chi connectivity index (χ2n) is 4.87. The number of nitrogens with one attached hydrogen (secondary N) is 1. The predicted octanol–water partition coefficient (Wildman–Crippen LogP) is 3.96. The first kappa shape index (κ1) is 16.7. The summed E-state index contributed by atoms with van der Waals surface area (Å²) in [5, 5.41) is 6.03. The van der Waals surface area contributed by atoms with Crippen LogP contribution in [0.25, 0.3) is 0 Å². The summed E-state index contributed by atoms with van der Waals surface area (Å²) in [5.74, 6) is -0.235. The predicted molar refractivity (Wildman–Crippen MR) is 89.3 cm³/mol. The van der Waals surface area contributed by atoms with Crippen LogP contribution in [0.2, 0.25) is 5.02 Å². The maximum atomic E-state index is 13.6. The first-order valence-corrected chi connectivity index (χ1v) is 7.94. The average molecular weight is 347 g/mol. The lowest BCUT2D eigenvalue weighted by Gasteiger charge is -2.35. The Morgan fingerprint density at radius 1 is 1.24 bits per heavy atom. The molecule has 1 aromatic heterocycles. The SMILES string of the molecule is Cl.Fc1ccc(Cl)c([C@H](c2cccs2)N2CCNCC2)c1. The van der Waals surface area contributed by atoms with Crippen molar-refractivity contribution in [2.45, 2.75) is 6.04 Å². The number of nitrogens with zero attached hydrogens (tertiary/aromatic N) is 1. The fourth-order valence-corrected chi connectivity index (χ4v) is 3.74. The largest absolute Gasteiger partial charge is 0.314 e. The van der Waals surface area contributed by atoms with Crippen LogP contribution in [0.4, 0.5) is 4.39 Å². The molecule has 0 spiro atoms. The third-order valence-electron chi connectivity index (χ3n) is 3.58. The van der Waals surface area contributed by atoms with Gasteiger partial charge in [0.2, 0.25) is 0 Å². The number of rotatable bonds is 3. The van der Waals surface area contributed by atoms with Crippen molar-refractivity contribution in [3.05, 3.63) is 57.0 Å². The molecule has 1 aliphatic rings. The molecule has 1 atom stereocenters. The minimum Gasteiger partial charge on any atom is -0.314 e. The van der Waals surface area contributed by atoms with Gasteiger partial charge in [0, 0.05) is 36.1 Å². The van der Waals surface area contributed by atoms with Gasteiger partial charge in [0.25, 0.3) is 0 Å². The lowest BCUT2D eigenvalue weighted by Crippen LogP contribution is -2.45. The van der Waals surface area contributed by atoms with Crippen molar-refractivity contribution in [1.82, 2.24) is 10.2 Å². The third-order valence-corrected chi connectivity index (χ3v) is 4.85. The Labute approximate surface area is 139 Å². The van der Waals surface area contributed by atoms with Gasteiger partial charge in [-0.1, -0.05) is 17.7 Å². The molecule has 1 aromatic carbocycles. The molecule has 2 heterocycles. The summed E-state index contributed by atoms with van der Waals surface area (Å²) in [7, 11) is 0. The summed E-state index contributed by atoms with van der Waals surface area (Å²) in [6.45, 7) is 3.79. The van der Waals surface area contributed by atoms with Crippen molar-refractivity contribution < 1.29 is 4.39 Å². The molecule has 1 saturated heterocycles. The summed E-state index contributed by atoms with van der Waals surface area (Å²) in [6.07, 6.45) is 0. The Hall–Kier alpha value is -0.650. The van der Waals surface area contributed by atoms with Gasteiger partial charge in [-0.05, 0) is 35.2 Å². The summed E-state index contributed by atoms with van der Waals surface area (Å²) in [6, 6.07) is 8.79. The molecule has 0 saturated carbocycles. The van der Waals surface area contributed by atoms with Crippen molar-refractivity contribution in [2.75, 3.05) is 26.2 Å². The highest BCUT2D eigenvalue weighted by atomic mass is 35.5. The van der Waals surface area contributed by atoms with Crippen LogP contribution >= 0.6 is 35.3 Å². The zero-order chi connectivity index (χ0) is 13.9. The minimum atomic E-state index is -0.235. The Bertz CT molecular complexity index is 571. The molecular formula is C15H17Cl2FN2S. The standard InChI is InChI=1S/C15H16ClFN2S.ClH/c16-13-4-3-11(17)10-12(13)15(14-2-1-9-20-14)19-7-5-18-6-8-19;/h1-4,9-10,15,18H,5-8H2;1H/t15-;/m1./s1. The molecule has 0 radical (unpaired) electrons. The summed E-state index contributed by atoms with van der Waals surface area (Å²) in [5.41, 5.74) is 0.857. The van der Waals surface area contributed by atoms with E-state index in [1.165, 1.54) is 10.9 Å². The van der Waals surface area contributed by atoms with Crippen LogP contribution in [0.1, 0.15) is 16.5 Å². The van der Waals surface area contributed by atoms with Gasteiger partial charge in [-0.25, -0.2) is 4.39 Å². The van der Waals surface area contributed by atoms with E-state index in [4.69, 9.17) is 11.6 Å². The van der Waals surface area contributed by atoms with Crippen molar-refractivity contribution in [2.24, 2.45) is 0 Å². The van der Waals surface area contributed by atoms with Gasteiger partial charge in [-0.2, -0.15) is 0 Å². The van der Waals surface area contributed by atoms with E-state index in [2.05, 4.69) is 21.7 Å². The molecule has 1 fully saturated rings. The van der Waals surface area contributed by atoms with Crippen LogP contribution in [0.15, 0.2) is 35.7 Å².